The molecule has 5 nitrogen and oxygen atoms in total. The first-order chi connectivity index (χ1) is 10.4. The molecule has 0 aromatic carbocycles. The van der Waals surface area contributed by atoms with Gasteiger partial charge in [-0.1, -0.05) is 33.8 Å². The summed E-state index contributed by atoms with van der Waals surface area (Å²) >= 11 is 0. The lowest BCUT2D eigenvalue weighted by molar-refractivity contribution is -0.129. The Balaban J connectivity index is 2.58. The highest BCUT2D eigenvalue weighted by Gasteiger charge is 2.21. The monoisotopic (exact) mass is 305 g/mol. The van der Waals surface area contributed by atoms with Gasteiger partial charge in [0.25, 0.3) is 0 Å². The van der Waals surface area contributed by atoms with Crippen molar-refractivity contribution in [2.45, 2.75) is 53.1 Å². The van der Waals surface area contributed by atoms with Crippen molar-refractivity contribution in [2.75, 3.05) is 0 Å². The van der Waals surface area contributed by atoms with E-state index in [4.69, 9.17) is 0 Å². The molecular formula is C17H27N3O2. The van der Waals surface area contributed by atoms with Gasteiger partial charge < -0.3 is 10.6 Å². The molecule has 0 fully saturated rings. The number of pyridine rings is 1. The van der Waals surface area contributed by atoms with E-state index in [1.165, 1.54) is 0 Å². The number of carbonyl (C=O) groups is 2. The lowest BCUT2D eigenvalue weighted by Gasteiger charge is -2.20. The lowest BCUT2D eigenvalue weighted by Crippen LogP contribution is -2.47. The van der Waals surface area contributed by atoms with E-state index in [1.54, 1.807) is 12.4 Å². The van der Waals surface area contributed by atoms with Crippen LogP contribution < -0.4 is 10.6 Å². The van der Waals surface area contributed by atoms with Gasteiger partial charge in [-0.3, -0.25) is 14.6 Å². The van der Waals surface area contributed by atoms with Gasteiger partial charge in [-0.2, -0.15) is 0 Å². The quantitative estimate of drug-likeness (QED) is 0.774. The first-order valence-corrected chi connectivity index (χ1v) is 7.84. The summed E-state index contributed by atoms with van der Waals surface area (Å²) in [4.78, 5) is 28.3. The van der Waals surface area contributed by atoms with Crippen LogP contribution in [0.3, 0.4) is 0 Å². The molecule has 1 aromatic rings. The molecule has 1 rings (SSSR count). The fraction of sp³-hybridized carbons (Fsp3) is 0.588. The van der Waals surface area contributed by atoms with Crippen LogP contribution in [0.25, 0.3) is 0 Å². The summed E-state index contributed by atoms with van der Waals surface area (Å²) < 4.78 is 0. The molecule has 2 amide bonds. The minimum atomic E-state index is -0.483. The molecule has 0 unspecified atom stereocenters. The summed E-state index contributed by atoms with van der Waals surface area (Å²) in [7, 11) is 0. The second kappa shape index (κ2) is 9.18. The van der Waals surface area contributed by atoms with E-state index in [1.807, 2.05) is 39.8 Å². The predicted octanol–water partition coefficient (Wildman–Crippen LogP) is 2.27. The molecule has 0 bridgehead atoms. The van der Waals surface area contributed by atoms with E-state index in [9.17, 15) is 9.59 Å². The summed E-state index contributed by atoms with van der Waals surface area (Å²) in [5, 5.41) is 5.72. The normalized spacial score (nSPS) is 12.3. The number of rotatable bonds is 8. The van der Waals surface area contributed by atoms with Gasteiger partial charge >= 0.3 is 0 Å². The standard InChI is InChI=1S/C17H27N3O2/c1-12(2)8-15(20-16(21)9-13(3)4)17(22)19-11-14-6-5-7-18-10-14/h5-7,10,12-13,15H,8-9,11H2,1-4H3,(H,19,22)(H,20,21)/t15-/m1/s1. The molecule has 0 radical (unpaired) electrons. The number of amides is 2. The SMILES string of the molecule is CC(C)CC(=O)N[C@H](CC(C)C)C(=O)NCc1cccnc1. The lowest BCUT2D eigenvalue weighted by atomic mass is 10.0. The van der Waals surface area contributed by atoms with Gasteiger partial charge in [0, 0.05) is 25.4 Å². The maximum absolute atomic E-state index is 12.3. The number of hydrogen-bond donors (Lipinski definition) is 2. The minimum absolute atomic E-state index is 0.0721. The molecule has 5 heteroatoms. The first-order valence-electron chi connectivity index (χ1n) is 7.84. The van der Waals surface area contributed by atoms with Crippen LogP contribution >= 0.6 is 0 Å². The topological polar surface area (TPSA) is 71.1 Å². The van der Waals surface area contributed by atoms with E-state index < -0.39 is 6.04 Å². The zero-order valence-corrected chi connectivity index (χ0v) is 13.9. The van der Waals surface area contributed by atoms with E-state index >= 15 is 0 Å². The fourth-order valence-electron chi connectivity index (χ4n) is 2.14. The van der Waals surface area contributed by atoms with Crippen LogP contribution in [0, 0.1) is 11.8 Å². The number of carbonyl (C=O) groups excluding carboxylic acids is 2. The Labute approximate surface area is 132 Å². The molecule has 122 valence electrons. The molecule has 1 aromatic heterocycles. The summed E-state index contributed by atoms with van der Waals surface area (Å²) in [6.07, 6.45) is 4.47. The summed E-state index contributed by atoms with van der Waals surface area (Å²) in [5.41, 5.74) is 0.938. The van der Waals surface area contributed by atoms with Crippen molar-refractivity contribution >= 4 is 11.8 Å². The Kier molecular flexibility index (Phi) is 7.57. The number of hydrogen-bond acceptors (Lipinski definition) is 3. The third kappa shape index (κ3) is 7.20. The van der Waals surface area contributed by atoms with Crippen molar-refractivity contribution in [3.8, 4) is 0 Å². The van der Waals surface area contributed by atoms with Crippen LogP contribution in [0.4, 0.5) is 0 Å². The zero-order chi connectivity index (χ0) is 16.5. The van der Waals surface area contributed by atoms with Crippen LogP contribution in [0.1, 0.15) is 46.1 Å². The molecular weight excluding hydrogens is 278 g/mol. The largest absolute Gasteiger partial charge is 0.350 e. The zero-order valence-electron chi connectivity index (χ0n) is 13.9. The Morgan fingerprint density at radius 1 is 1.18 bits per heavy atom. The van der Waals surface area contributed by atoms with Gasteiger partial charge in [-0.25, -0.2) is 0 Å². The van der Waals surface area contributed by atoms with E-state index in [0.717, 1.165) is 5.56 Å². The number of nitrogens with one attached hydrogen (secondary N) is 2. The van der Waals surface area contributed by atoms with Gasteiger partial charge in [0.15, 0.2) is 0 Å². The first kappa shape index (κ1) is 18.1. The van der Waals surface area contributed by atoms with E-state index in [-0.39, 0.29) is 17.7 Å². The molecule has 0 saturated heterocycles. The van der Waals surface area contributed by atoms with Gasteiger partial charge in [0.05, 0.1) is 0 Å². The smallest absolute Gasteiger partial charge is 0.242 e. The van der Waals surface area contributed by atoms with Crippen LogP contribution in [0.5, 0.6) is 0 Å². The Morgan fingerprint density at radius 2 is 1.91 bits per heavy atom. The maximum atomic E-state index is 12.3. The molecule has 1 heterocycles. The van der Waals surface area contributed by atoms with Gasteiger partial charge in [-0.05, 0) is 29.9 Å². The van der Waals surface area contributed by atoms with Crippen LogP contribution in [0.2, 0.25) is 0 Å². The maximum Gasteiger partial charge on any atom is 0.242 e. The van der Waals surface area contributed by atoms with E-state index in [0.29, 0.717) is 25.3 Å². The van der Waals surface area contributed by atoms with Crippen LogP contribution in [0.15, 0.2) is 24.5 Å². The molecule has 22 heavy (non-hydrogen) atoms. The molecule has 0 aliphatic rings. The Bertz CT molecular complexity index is 472. The summed E-state index contributed by atoms with van der Waals surface area (Å²) in [6, 6.07) is 3.25. The molecule has 0 aliphatic heterocycles. The van der Waals surface area contributed by atoms with Crippen LogP contribution in [-0.4, -0.2) is 22.8 Å². The highest BCUT2D eigenvalue weighted by atomic mass is 16.2. The summed E-state index contributed by atoms with van der Waals surface area (Å²) in [5.74, 6) is 0.387. The third-order valence-corrected chi connectivity index (χ3v) is 3.14. The number of nitrogens with zero attached hydrogens (tertiary/aromatic N) is 1. The van der Waals surface area contributed by atoms with Gasteiger partial charge in [0.2, 0.25) is 11.8 Å². The fourth-order valence-corrected chi connectivity index (χ4v) is 2.14. The third-order valence-electron chi connectivity index (χ3n) is 3.14. The highest BCUT2D eigenvalue weighted by molar-refractivity contribution is 5.87. The van der Waals surface area contributed by atoms with Gasteiger partial charge in [-0.15, -0.1) is 0 Å². The minimum Gasteiger partial charge on any atom is -0.350 e. The highest BCUT2D eigenvalue weighted by Crippen LogP contribution is 2.07. The average Bonchev–Trinajstić information content (AvgIpc) is 2.43. The van der Waals surface area contributed by atoms with Gasteiger partial charge in [0.1, 0.15) is 6.04 Å². The second-order valence-corrected chi connectivity index (χ2v) is 6.43. The Morgan fingerprint density at radius 3 is 2.45 bits per heavy atom. The predicted molar refractivity (Wildman–Crippen MR) is 86.9 cm³/mol. The van der Waals surface area contributed by atoms with Crippen LogP contribution in [-0.2, 0) is 16.1 Å². The van der Waals surface area contributed by atoms with Crippen molar-refractivity contribution in [1.29, 1.82) is 0 Å². The molecule has 0 aliphatic carbocycles. The van der Waals surface area contributed by atoms with Crippen molar-refractivity contribution in [2.24, 2.45) is 11.8 Å². The number of aromatic nitrogens is 1. The molecule has 2 N–H and O–H groups in total. The van der Waals surface area contributed by atoms with Crippen molar-refractivity contribution in [1.82, 2.24) is 15.6 Å². The van der Waals surface area contributed by atoms with Crippen molar-refractivity contribution < 1.29 is 9.59 Å². The second-order valence-electron chi connectivity index (χ2n) is 6.43. The average molecular weight is 305 g/mol. The molecule has 1 atom stereocenters. The van der Waals surface area contributed by atoms with Crippen molar-refractivity contribution in [3.63, 3.8) is 0 Å². The van der Waals surface area contributed by atoms with Crippen molar-refractivity contribution in [3.05, 3.63) is 30.1 Å². The molecule has 0 saturated carbocycles. The molecule has 0 spiro atoms. The summed E-state index contributed by atoms with van der Waals surface area (Å²) in [6.45, 7) is 8.46. The van der Waals surface area contributed by atoms with E-state index in [2.05, 4.69) is 15.6 Å². The Hall–Kier alpha value is -1.91.